The predicted octanol–water partition coefficient (Wildman–Crippen LogP) is 5.21. The zero-order valence-corrected chi connectivity index (χ0v) is 20.2. The number of hydrogen-bond donors (Lipinski definition) is 0. The van der Waals surface area contributed by atoms with E-state index < -0.39 is 9.84 Å². The summed E-state index contributed by atoms with van der Waals surface area (Å²) in [5.74, 6) is 0.774. The van der Waals surface area contributed by atoms with Crippen LogP contribution in [0.1, 0.15) is 42.1 Å². The molecule has 0 spiro atoms. The van der Waals surface area contributed by atoms with Crippen LogP contribution in [0.5, 0.6) is 5.75 Å². The van der Waals surface area contributed by atoms with Crippen LogP contribution in [-0.2, 0) is 16.3 Å². The van der Waals surface area contributed by atoms with Crippen molar-refractivity contribution in [1.82, 2.24) is 14.4 Å². The number of unbranched alkanes of at least 4 members (excludes halogenated alkanes) is 1. The third-order valence-electron chi connectivity index (χ3n) is 5.39. The number of hydrogen-bond acceptors (Lipinski definition) is 6. The van der Waals surface area contributed by atoms with Crippen molar-refractivity contribution in [3.63, 3.8) is 0 Å². The Kier molecular flexibility index (Phi) is 7.29. The Hall–Kier alpha value is -3.23. The number of aromatic nitrogens is 3. The number of sulfone groups is 1. The van der Waals surface area contributed by atoms with Gasteiger partial charge < -0.3 is 4.74 Å². The van der Waals surface area contributed by atoms with Crippen LogP contribution in [0.15, 0.2) is 77.0 Å². The maximum Gasteiger partial charge on any atom is 0.233 e. The number of ether oxygens (including phenoxy) is 1. The van der Waals surface area contributed by atoms with Gasteiger partial charge in [0.15, 0.2) is 5.78 Å². The van der Waals surface area contributed by atoms with Gasteiger partial charge >= 0.3 is 0 Å². The number of halogens is 1. The molecule has 0 fully saturated rings. The van der Waals surface area contributed by atoms with Crippen LogP contribution in [0.4, 0.5) is 0 Å². The second kappa shape index (κ2) is 10.4. The normalized spacial score (nSPS) is 11.6. The first-order valence-corrected chi connectivity index (χ1v) is 12.8. The van der Waals surface area contributed by atoms with E-state index in [0.717, 1.165) is 18.4 Å². The number of carbonyl (C=O) groups excluding carboxylic acids is 1. The topological polar surface area (TPSA) is 90.6 Å². The number of rotatable bonds is 10. The fourth-order valence-corrected chi connectivity index (χ4v) is 5.12. The zero-order chi connectivity index (χ0) is 24.1. The van der Waals surface area contributed by atoms with E-state index in [1.165, 1.54) is 12.3 Å². The number of benzene rings is 2. The summed E-state index contributed by atoms with van der Waals surface area (Å²) in [5, 5.41) is 0.319. The molecule has 34 heavy (non-hydrogen) atoms. The van der Waals surface area contributed by atoms with Gasteiger partial charge in [-0.05, 0) is 48.7 Å². The molecule has 2 aromatic carbocycles. The number of fused-ring (bicyclic) bond motifs is 1. The molecule has 0 aliphatic rings. The highest BCUT2D eigenvalue weighted by molar-refractivity contribution is 7.91. The largest absolute Gasteiger partial charge is 0.492 e. The van der Waals surface area contributed by atoms with E-state index in [-0.39, 0.29) is 27.7 Å². The third-order valence-corrected chi connectivity index (χ3v) is 7.42. The highest BCUT2D eigenvalue weighted by Crippen LogP contribution is 2.32. The Morgan fingerprint density at radius 2 is 1.91 bits per heavy atom. The van der Waals surface area contributed by atoms with Crippen LogP contribution >= 0.6 is 11.6 Å². The van der Waals surface area contributed by atoms with Gasteiger partial charge in [0, 0.05) is 36.2 Å². The monoisotopic (exact) mass is 497 g/mol. The molecule has 0 unspecified atom stereocenters. The Bertz CT molecular complexity index is 1420. The lowest BCUT2D eigenvalue weighted by Crippen LogP contribution is -2.07. The standard InChI is InChI=1S/C25H24ClN3O4S/c1-2-3-14-33-23-11-7-20(26)15-24(23)34(31,32)21-8-4-18(5-9-21)6-10-22(30)19-16-28-25-27-12-13-29(25)17-19/h4-5,7-9,11-13,15-17H,2-3,6,10,14H2,1H3. The molecule has 0 aliphatic heterocycles. The summed E-state index contributed by atoms with van der Waals surface area (Å²) in [6, 6.07) is 11.1. The van der Waals surface area contributed by atoms with Crippen LogP contribution in [0, 0.1) is 0 Å². The lowest BCUT2D eigenvalue weighted by atomic mass is 10.0. The molecule has 176 valence electrons. The third kappa shape index (κ3) is 5.29. The van der Waals surface area contributed by atoms with Crippen LogP contribution in [0.2, 0.25) is 5.02 Å². The lowest BCUT2D eigenvalue weighted by Gasteiger charge is -2.13. The molecular formula is C25H24ClN3O4S. The van der Waals surface area contributed by atoms with Gasteiger partial charge in [-0.1, -0.05) is 37.1 Å². The molecule has 0 radical (unpaired) electrons. The number of imidazole rings is 1. The summed E-state index contributed by atoms with van der Waals surface area (Å²) in [6.07, 6.45) is 9.09. The molecule has 0 atom stereocenters. The van der Waals surface area contributed by atoms with Crippen LogP contribution in [0.3, 0.4) is 0 Å². The minimum atomic E-state index is -3.83. The SMILES string of the molecule is CCCCOc1ccc(Cl)cc1S(=O)(=O)c1ccc(CCC(=O)c2cnc3nccn3c2)cc1. The molecular weight excluding hydrogens is 474 g/mol. The van der Waals surface area contributed by atoms with Crippen molar-refractivity contribution >= 4 is 33.0 Å². The molecule has 7 nitrogen and oxygen atoms in total. The number of ketones is 1. The molecule has 0 N–H and O–H groups in total. The minimum absolute atomic E-state index is 0.0430. The Morgan fingerprint density at radius 3 is 2.68 bits per heavy atom. The molecule has 9 heteroatoms. The molecule has 4 aromatic rings. The average Bonchev–Trinajstić information content (AvgIpc) is 3.32. The quantitative estimate of drug-likeness (QED) is 0.220. The van der Waals surface area contributed by atoms with Gasteiger partial charge in [-0.15, -0.1) is 0 Å². The Labute approximate surface area is 203 Å². The van der Waals surface area contributed by atoms with Crippen LogP contribution in [0.25, 0.3) is 5.78 Å². The molecule has 0 saturated carbocycles. The highest BCUT2D eigenvalue weighted by Gasteiger charge is 2.23. The summed E-state index contributed by atoms with van der Waals surface area (Å²) >= 11 is 6.08. The molecule has 0 amide bonds. The average molecular weight is 498 g/mol. The number of nitrogens with zero attached hydrogens (tertiary/aromatic N) is 3. The van der Waals surface area contributed by atoms with Crippen molar-refractivity contribution in [1.29, 1.82) is 0 Å². The van der Waals surface area contributed by atoms with E-state index in [4.69, 9.17) is 16.3 Å². The van der Waals surface area contributed by atoms with Gasteiger partial charge in [0.1, 0.15) is 10.6 Å². The first-order chi connectivity index (χ1) is 16.4. The fourth-order valence-electron chi connectivity index (χ4n) is 3.46. The second-order valence-electron chi connectivity index (χ2n) is 7.84. The molecule has 0 aliphatic carbocycles. The number of Topliss-reactive ketones (excluding diaryl/α,β-unsaturated/α-hetero) is 1. The van der Waals surface area contributed by atoms with Gasteiger partial charge in [-0.2, -0.15) is 0 Å². The van der Waals surface area contributed by atoms with E-state index in [2.05, 4.69) is 9.97 Å². The van der Waals surface area contributed by atoms with E-state index in [9.17, 15) is 13.2 Å². The van der Waals surface area contributed by atoms with Crippen LogP contribution in [-0.4, -0.2) is 35.2 Å². The molecule has 2 aromatic heterocycles. The molecule has 2 heterocycles. The van der Waals surface area contributed by atoms with E-state index in [0.29, 0.717) is 29.4 Å². The highest BCUT2D eigenvalue weighted by atomic mass is 35.5. The first kappa shape index (κ1) is 23.9. The van der Waals surface area contributed by atoms with Gasteiger partial charge in [-0.25, -0.2) is 18.4 Å². The first-order valence-electron chi connectivity index (χ1n) is 11.0. The van der Waals surface area contributed by atoms with E-state index >= 15 is 0 Å². The second-order valence-corrected chi connectivity index (χ2v) is 10.2. The summed E-state index contributed by atoms with van der Waals surface area (Å²) in [7, 11) is -3.83. The molecule has 0 saturated heterocycles. The predicted molar refractivity (Wildman–Crippen MR) is 129 cm³/mol. The van der Waals surface area contributed by atoms with Crippen molar-refractivity contribution < 1.29 is 17.9 Å². The smallest absolute Gasteiger partial charge is 0.233 e. The van der Waals surface area contributed by atoms with Crippen molar-refractivity contribution in [2.24, 2.45) is 0 Å². The van der Waals surface area contributed by atoms with E-state index in [1.54, 1.807) is 59.4 Å². The fraction of sp³-hybridized carbons (Fsp3) is 0.240. The zero-order valence-electron chi connectivity index (χ0n) is 18.6. The molecule has 0 bridgehead atoms. The van der Waals surface area contributed by atoms with E-state index in [1.807, 2.05) is 6.92 Å². The minimum Gasteiger partial charge on any atom is -0.492 e. The Balaban J connectivity index is 1.47. The Morgan fingerprint density at radius 1 is 1.12 bits per heavy atom. The number of carbonyl (C=O) groups is 1. The van der Waals surface area contributed by atoms with Gasteiger partial charge in [0.2, 0.25) is 15.6 Å². The van der Waals surface area contributed by atoms with Crippen LogP contribution < -0.4 is 4.74 Å². The molecule has 4 rings (SSSR count). The maximum absolute atomic E-state index is 13.3. The summed E-state index contributed by atoms with van der Waals surface area (Å²) in [6.45, 7) is 2.46. The maximum atomic E-state index is 13.3. The van der Waals surface area contributed by atoms with Crippen molar-refractivity contribution in [3.8, 4) is 5.75 Å². The number of aryl methyl sites for hydroxylation is 1. The van der Waals surface area contributed by atoms with Gasteiger partial charge in [-0.3, -0.25) is 9.20 Å². The summed E-state index contributed by atoms with van der Waals surface area (Å²) < 4.78 is 34.0. The van der Waals surface area contributed by atoms with Gasteiger partial charge in [0.25, 0.3) is 0 Å². The lowest BCUT2D eigenvalue weighted by molar-refractivity contribution is 0.0982. The van der Waals surface area contributed by atoms with Crippen molar-refractivity contribution in [2.45, 2.75) is 42.4 Å². The van der Waals surface area contributed by atoms with Crippen molar-refractivity contribution in [3.05, 3.63) is 83.4 Å². The summed E-state index contributed by atoms with van der Waals surface area (Å²) in [4.78, 5) is 21.0. The van der Waals surface area contributed by atoms with Crippen molar-refractivity contribution in [2.75, 3.05) is 6.61 Å². The summed E-state index contributed by atoms with van der Waals surface area (Å²) in [5.41, 5.74) is 1.36. The van der Waals surface area contributed by atoms with Gasteiger partial charge in [0.05, 0.1) is 17.1 Å².